The minimum Gasteiger partial charge on any atom is -0.507 e. The molecule has 2 fully saturated rings. The van der Waals surface area contributed by atoms with Gasteiger partial charge in [-0.2, -0.15) is 0 Å². The number of hydrogen-bond acceptors (Lipinski definition) is 11. The van der Waals surface area contributed by atoms with E-state index in [1.54, 1.807) is 25.1 Å². The van der Waals surface area contributed by atoms with Crippen molar-refractivity contribution in [1.29, 1.82) is 0 Å². The summed E-state index contributed by atoms with van der Waals surface area (Å²) in [4.78, 5) is 42.3. The van der Waals surface area contributed by atoms with E-state index in [-0.39, 0.29) is 85.9 Å². The number of fused-ring (bicyclic) bond motifs is 7. The Labute approximate surface area is 363 Å². The van der Waals surface area contributed by atoms with Crippen LogP contribution in [-0.2, 0) is 51.4 Å². The van der Waals surface area contributed by atoms with E-state index < -0.39 is 53.6 Å². The molecule has 3 heterocycles. The first-order valence-electron chi connectivity index (χ1n) is 22.5. The number of benzene rings is 3. The Kier molecular flexibility index (Phi) is 12.7. The monoisotopic (exact) mass is 845 g/mol. The van der Waals surface area contributed by atoms with Crippen LogP contribution < -0.4 is 10.1 Å². The normalized spacial score (nSPS) is 30.9. The highest BCUT2D eigenvalue weighted by molar-refractivity contribution is 5.89. The van der Waals surface area contributed by atoms with Crippen LogP contribution in [0.3, 0.4) is 0 Å². The number of rotatable bonds is 7. The third kappa shape index (κ3) is 8.55. The molecule has 11 nitrogen and oxygen atoms in total. The van der Waals surface area contributed by atoms with Crippen LogP contribution in [0.2, 0.25) is 0 Å². The van der Waals surface area contributed by atoms with Crippen LogP contribution in [0.1, 0.15) is 116 Å². The van der Waals surface area contributed by atoms with Crippen LogP contribution in [-0.4, -0.2) is 73.7 Å². The van der Waals surface area contributed by atoms with E-state index in [0.29, 0.717) is 65.6 Å². The number of aliphatic hydroxyl groups excluding tert-OH is 3. The first-order chi connectivity index (χ1) is 29.8. The van der Waals surface area contributed by atoms with Gasteiger partial charge in [-0.3, -0.25) is 9.59 Å². The number of carbonyl (C=O) groups is 3. The summed E-state index contributed by atoms with van der Waals surface area (Å²) >= 11 is 0. The van der Waals surface area contributed by atoms with Crippen molar-refractivity contribution in [2.75, 3.05) is 11.9 Å². The second-order valence-corrected chi connectivity index (χ2v) is 18.3. The molecule has 2 saturated carbocycles. The molecule has 0 radical (unpaired) electrons. The lowest BCUT2D eigenvalue weighted by Crippen LogP contribution is -2.63. The average Bonchev–Trinajstić information content (AvgIpc) is 3.25. The Balaban J connectivity index is 1.37. The van der Waals surface area contributed by atoms with Crippen molar-refractivity contribution < 1.29 is 49.4 Å². The maximum Gasteiger partial charge on any atom is 0.334 e. The van der Waals surface area contributed by atoms with Crippen molar-refractivity contribution in [1.82, 2.24) is 0 Å². The zero-order valence-electron chi connectivity index (χ0n) is 35.9. The summed E-state index contributed by atoms with van der Waals surface area (Å²) in [5.41, 5.74) is 3.65. The van der Waals surface area contributed by atoms with Gasteiger partial charge in [-0.15, -0.1) is 0 Å². The number of hydrogen-bond donors (Lipinski definition) is 6. The van der Waals surface area contributed by atoms with Gasteiger partial charge in [-0.1, -0.05) is 62.4 Å². The van der Waals surface area contributed by atoms with Crippen molar-refractivity contribution >= 4 is 23.4 Å². The molecule has 10 atom stereocenters. The third-order valence-electron chi connectivity index (χ3n) is 14.3. The fraction of sp³-hybridized carbons (Fsp3) is 0.510. The smallest absolute Gasteiger partial charge is 0.334 e. The number of esters is 2. The number of phenolic OH excluding ortho intramolecular Hbond substituents is 1. The molecule has 10 bridgehead atoms. The molecule has 2 aliphatic carbocycles. The fourth-order valence-corrected chi connectivity index (χ4v) is 11.3. The Hall–Kier alpha value is -4.99. The highest BCUT2D eigenvalue weighted by Gasteiger charge is 2.59. The molecule has 0 saturated heterocycles. The van der Waals surface area contributed by atoms with Crippen LogP contribution in [0, 0.1) is 35.5 Å². The molecule has 62 heavy (non-hydrogen) atoms. The lowest BCUT2D eigenvalue weighted by molar-refractivity contribution is -0.212. The predicted octanol–water partition coefficient (Wildman–Crippen LogP) is 6.13. The quantitative estimate of drug-likeness (QED) is 0.0915. The highest BCUT2D eigenvalue weighted by Crippen LogP contribution is 2.55. The molecule has 3 aromatic carbocycles. The van der Waals surface area contributed by atoms with E-state index >= 15 is 4.79 Å². The predicted molar refractivity (Wildman–Crippen MR) is 232 cm³/mol. The molecule has 11 heteroatoms. The van der Waals surface area contributed by atoms with E-state index in [1.807, 2.05) is 44.2 Å². The van der Waals surface area contributed by atoms with Gasteiger partial charge in [0.2, 0.25) is 0 Å². The zero-order valence-corrected chi connectivity index (χ0v) is 35.9. The summed E-state index contributed by atoms with van der Waals surface area (Å²) in [6.07, 6.45) is 2.04. The molecule has 328 valence electrons. The maximum atomic E-state index is 15.2. The summed E-state index contributed by atoms with van der Waals surface area (Å²) in [5, 5.41) is 61.2. The molecule has 0 unspecified atom stereocenters. The number of carbonyl (C=O) groups excluding carboxylic acids is 3. The lowest BCUT2D eigenvalue weighted by atomic mass is 9.53. The Morgan fingerprint density at radius 3 is 2.45 bits per heavy atom. The minimum absolute atomic E-state index is 0.0360. The largest absolute Gasteiger partial charge is 0.507 e. The van der Waals surface area contributed by atoms with Gasteiger partial charge in [0, 0.05) is 60.0 Å². The summed E-state index contributed by atoms with van der Waals surface area (Å²) in [6, 6.07) is 15.1. The van der Waals surface area contributed by atoms with Crippen LogP contribution in [0.5, 0.6) is 11.5 Å². The standard InChI is InChI=1S/C51H59NO10/c1-4-37-11-12-41-43-19-30-8-6-7-29(15-30)18-39(55)22-36-20-32(34-16-31(27-53)17-38(21-34)52-26-28(3)54)9-10-33-25-47(57)62-49-40(5-2)48(58)35(23-42(33)49)24-46(61-50(36)59)51(37,60)44(41)13-14-45(43)56/h6-8,15-17,21-23,28,32-33,37,39,41,43-44,46,52-55,58,60H,4-5,11-14,18-20,24-27H2,1-3H3/b36-22-/t28-,32+,33+,37-,39-,41+,43-,44-,46+,51-/m0/s1. The molecule has 8 rings (SSSR count). The van der Waals surface area contributed by atoms with Gasteiger partial charge in [0.25, 0.3) is 0 Å². The molecule has 3 aliphatic heterocycles. The first kappa shape index (κ1) is 43.7. The van der Waals surface area contributed by atoms with Crippen LogP contribution in [0.4, 0.5) is 5.69 Å². The van der Waals surface area contributed by atoms with Crippen molar-refractivity contribution in [2.24, 2.45) is 23.7 Å². The minimum atomic E-state index is -1.60. The molecule has 6 N–H and O–H groups in total. The SMILES string of the molecule is CCc1c(O)c2cc3c1OC(=O)C[C@H]3C#C[C@@H](c1cc(CO)cc(NC[C@H](C)O)c1)C/C1=C/[C@@H](O)Cc3cccc(c3)C[C@@H]3C(=O)CC[C@H]4[C@@H]3CC[C@H](CC)[C@@]4(O)[C@@H](C2)OC1=O. The van der Waals surface area contributed by atoms with Crippen LogP contribution in [0.15, 0.2) is 60.2 Å². The number of ether oxygens (including phenoxy) is 2. The van der Waals surface area contributed by atoms with Gasteiger partial charge in [-0.05, 0) is 115 Å². The number of aliphatic hydroxyl groups is 4. The van der Waals surface area contributed by atoms with Gasteiger partial charge in [0.05, 0.1) is 31.2 Å². The van der Waals surface area contributed by atoms with Crippen LogP contribution in [0.25, 0.3) is 0 Å². The van der Waals surface area contributed by atoms with E-state index in [9.17, 15) is 35.1 Å². The van der Waals surface area contributed by atoms with Crippen molar-refractivity contribution in [2.45, 2.75) is 134 Å². The zero-order chi connectivity index (χ0) is 43.9. The Morgan fingerprint density at radius 1 is 0.935 bits per heavy atom. The number of phenols is 1. The molecule has 0 amide bonds. The average molecular weight is 846 g/mol. The summed E-state index contributed by atoms with van der Waals surface area (Å²) in [6.45, 7) is 5.49. The van der Waals surface area contributed by atoms with E-state index in [4.69, 9.17) is 9.47 Å². The summed E-state index contributed by atoms with van der Waals surface area (Å²) in [7, 11) is 0. The fourth-order valence-electron chi connectivity index (χ4n) is 11.3. The second-order valence-electron chi connectivity index (χ2n) is 18.3. The van der Waals surface area contributed by atoms with E-state index in [2.05, 4.69) is 17.2 Å². The molecule has 0 spiro atoms. The Bertz CT molecular complexity index is 2320. The van der Waals surface area contributed by atoms with Gasteiger partial charge < -0.3 is 40.3 Å². The summed E-state index contributed by atoms with van der Waals surface area (Å²) in [5.74, 6) is 3.24. The number of aromatic hydroxyl groups is 1. The second kappa shape index (κ2) is 18.0. The first-order valence-corrected chi connectivity index (χ1v) is 22.5. The van der Waals surface area contributed by atoms with Gasteiger partial charge in [-0.25, -0.2) is 4.79 Å². The molecule has 0 aromatic heterocycles. The van der Waals surface area contributed by atoms with Crippen molar-refractivity contribution in [3.8, 4) is 23.3 Å². The number of anilines is 1. The molecular formula is C51H59NO10. The number of nitrogens with one attached hydrogen (secondary N) is 1. The van der Waals surface area contributed by atoms with Crippen LogP contribution >= 0.6 is 0 Å². The lowest BCUT2D eigenvalue weighted by Gasteiger charge is -2.56. The van der Waals surface area contributed by atoms with E-state index in [0.717, 1.165) is 17.5 Å². The van der Waals surface area contributed by atoms with Gasteiger partial charge in [0.15, 0.2) is 0 Å². The number of ketones is 1. The van der Waals surface area contributed by atoms with Gasteiger partial charge in [0.1, 0.15) is 29.0 Å². The van der Waals surface area contributed by atoms with Gasteiger partial charge >= 0.3 is 11.9 Å². The highest BCUT2D eigenvalue weighted by atomic mass is 16.6. The van der Waals surface area contributed by atoms with E-state index in [1.165, 1.54) is 6.08 Å². The van der Waals surface area contributed by atoms with Crippen molar-refractivity contribution in [3.63, 3.8) is 0 Å². The molecular weight excluding hydrogens is 787 g/mol. The summed E-state index contributed by atoms with van der Waals surface area (Å²) < 4.78 is 12.6. The number of Topliss-reactive ketones (excluding diaryl/α,β-unsaturated/α-hetero) is 1. The third-order valence-corrected chi connectivity index (χ3v) is 14.3. The maximum absolute atomic E-state index is 15.2. The van der Waals surface area contributed by atoms with Crippen molar-refractivity contribution in [3.05, 3.63) is 99.1 Å². The molecule has 3 aromatic rings. The topological polar surface area (TPSA) is 183 Å². The molecule has 5 aliphatic rings. The Morgan fingerprint density at radius 2 is 1.71 bits per heavy atom.